The molecule has 2 aliphatic rings. The van der Waals surface area contributed by atoms with Crippen LogP contribution in [0.4, 0.5) is 29.2 Å². The number of likely N-dealkylation sites (tertiary alicyclic amines) is 1. The molecule has 0 radical (unpaired) electrons. The molecule has 11 nitrogen and oxygen atoms in total. The minimum absolute atomic E-state index is 0.0214. The van der Waals surface area contributed by atoms with Crippen LogP contribution < -0.4 is 25.4 Å². The Morgan fingerprint density at radius 1 is 1.14 bits per heavy atom. The number of sulfone groups is 1. The van der Waals surface area contributed by atoms with E-state index < -0.39 is 51.3 Å². The molecule has 1 aromatic heterocycles. The molecule has 2 aromatic rings. The first-order chi connectivity index (χ1) is 20.2. The zero-order valence-corrected chi connectivity index (χ0v) is 24.9. The number of hydrogen-bond acceptors (Lipinski definition) is 10. The molecule has 1 saturated heterocycles. The van der Waals surface area contributed by atoms with Gasteiger partial charge in [0.1, 0.15) is 23.2 Å². The predicted molar refractivity (Wildman–Crippen MR) is 151 cm³/mol. The molecule has 2 atom stereocenters. The lowest BCUT2D eigenvalue weighted by Crippen LogP contribution is -2.47. The first kappa shape index (κ1) is 32.7. The van der Waals surface area contributed by atoms with Crippen molar-refractivity contribution in [3.05, 3.63) is 35.3 Å². The SMILES string of the molecule is COc1cc(C(=O)NC2CCN(C)CC2)c(F)cc1Nc1ncc(C(F)(F)F)c(O[C@@H]2CCCC[C@H]2NCS(C)(=O)=O)n1. The van der Waals surface area contributed by atoms with Gasteiger partial charge in [-0.2, -0.15) is 18.2 Å². The molecule has 2 fully saturated rings. The summed E-state index contributed by atoms with van der Waals surface area (Å²) < 4.78 is 91.0. The fourth-order valence-electron chi connectivity index (χ4n) is 5.11. The smallest absolute Gasteiger partial charge is 0.423 e. The number of benzene rings is 1. The molecule has 1 aromatic carbocycles. The van der Waals surface area contributed by atoms with Crippen molar-refractivity contribution in [1.82, 2.24) is 25.5 Å². The molecular weight excluding hydrogens is 596 g/mol. The van der Waals surface area contributed by atoms with E-state index in [1.165, 1.54) is 13.2 Å². The maximum atomic E-state index is 15.1. The van der Waals surface area contributed by atoms with Crippen LogP contribution >= 0.6 is 0 Å². The number of piperidine rings is 1. The van der Waals surface area contributed by atoms with E-state index in [1.807, 2.05) is 7.05 Å². The number of carbonyl (C=O) groups excluding carboxylic acids is 1. The fraction of sp³-hybridized carbons (Fsp3) is 0.593. The Morgan fingerprint density at radius 3 is 2.49 bits per heavy atom. The van der Waals surface area contributed by atoms with E-state index in [0.717, 1.165) is 44.7 Å². The van der Waals surface area contributed by atoms with Gasteiger partial charge in [-0.25, -0.2) is 17.8 Å². The Kier molecular flexibility index (Phi) is 10.3. The molecule has 0 unspecified atom stereocenters. The Labute approximate surface area is 247 Å². The summed E-state index contributed by atoms with van der Waals surface area (Å²) in [6.07, 6.45) is -0.254. The van der Waals surface area contributed by atoms with Crippen LogP contribution in [0.15, 0.2) is 18.3 Å². The molecule has 1 saturated carbocycles. The molecule has 43 heavy (non-hydrogen) atoms. The largest absolute Gasteiger partial charge is 0.495 e. The van der Waals surface area contributed by atoms with Gasteiger partial charge in [-0.15, -0.1) is 0 Å². The topological polar surface area (TPSA) is 135 Å². The molecule has 0 bridgehead atoms. The number of nitrogens with one attached hydrogen (secondary N) is 3. The Hall–Kier alpha value is -3.24. The van der Waals surface area contributed by atoms with Crippen LogP contribution in [-0.4, -0.2) is 86.8 Å². The standard InChI is InChI=1S/C27H36F4N6O5S/c1-37-10-8-16(9-11-37)34-24(38)17-12-23(41-2)21(13-19(17)28)35-26-32-14-18(27(29,30)31)25(36-26)42-22-7-5-4-6-20(22)33-15-43(3,39)40/h12-14,16,20,22,33H,4-11,15H2,1-3H3,(H,34,38)(H,32,35,36)/t20-,22-/m1/s1. The van der Waals surface area contributed by atoms with E-state index in [9.17, 15) is 26.4 Å². The zero-order valence-electron chi connectivity index (χ0n) is 24.1. The molecule has 4 rings (SSSR count). The number of carbonyl (C=O) groups is 1. The lowest BCUT2D eigenvalue weighted by molar-refractivity contribution is -0.140. The number of methoxy groups -OCH3 is 1. The summed E-state index contributed by atoms with van der Waals surface area (Å²) in [5.41, 5.74) is -1.49. The van der Waals surface area contributed by atoms with Crippen LogP contribution in [0.5, 0.6) is 11.6 Å². The summed E-state index contributed by atoms with van der Waals surface area (Å²) in [7, 11) is -0.0930. The maximum Gasteiger partial charge on any atom is 0.423 e. The number of rotatable bonds is 10. The number of halogens is 4. The van der Waals surface area contributed by atoms with Gasteiger partial charge in [0.25, 0.3) is 5.91 Å². The Bertz CT molecular complexity index is 1400. The second-order valence-corrected chi connectivity index (χ2v) is 13.1. The lowest BCUT2D eigenvalue weighted by Gasteiger charge is -2.32. The average molecular weight is 633 g/mol. The van der Waals surface area contributed by atoms with Crippen molar-refractivity contribution in [2.75, 3.05) is 44.7 Å². The Balaban J connectivity index is 1.56. The number of anilines is 2. The second kappa shape index (κ2) is 13.6. The van der Waals surface area contributed by atoms with Gasteiger partial charge in [0.05, 0.1) is 24.2 Å². The highest BCUT2D eigenvalue weighted by Gasteiger charge is 2.38. The summed E-state index contributed by atoms with van der Waals surface area (Å²) in [6, 6.07) is 1.56. The fourth-order valence-corrected chi connectivity index (χ4v) is 5.63. The molecule has 0 spiro atoms. The van der Waals surface area contributed by atoms with Crippen LogP contribution in [0.25, 0.3) is 0 Å². The quantitative estimate of drug-likeness (QED) is 0.334. The number of alkyl halides is 3. The summed E-state index contributed by atoms with van der Waals surface area (Å²) in [5.74, 6) is -2.88. The first-order valence-corrected chi connectivity index (χ1v) is 16.0. The molecular formula is C27H36F4N6O5S. The first-order valence-electron chi connectivity index (χ1n) is 13.9. The van der Waals surface area contributed by atoms with Crippen LogP contribution in [0, 0.1) is 5.82 Å². The van der Waals surface area contributed by atoms with Gasteiger partial charge in [0, 0.05) is 30.6 Å². The molecule has 1 aliphatic carbocycles. The van der Waals surface area contributed by atoms with Crippen LogP contribution in [0.1, 0.15) is 54.4 Å². The summed E-state index contributed by atoms with van der Waals surface area (Å²) in [4.78, 5) is 22.6. The van der Waals surface area contributed by atoms with E-state index in [0.29, 0.717) is 25.5 Å². The lowest BCUT2D eigenvalue weighted by atomic mass is 9.92. The van der Waals surface area contributed by atoms with Crippen LogP contribution in [0.3, 0.4) is 0 Å². The number of aromatic nitrogens is 2. The van der Waals surface area contributed by atoms with E-state index in [2.05, 4.69) is 30.8 Å². The average Bonchev–Trinajstić information content (AvgIpc) is 2.93. The van der Waals surface area contributed by atoms with Crippen molar-refractivity contribution >= 4 is 27.4 Å². The van der Waals surface area contributed by atoms with E-state index in [4.69, 9.17) is 9.47 Å². The molecule has 1 aliphatic heterocycles. The normalized spacial score (nSPS) is 20.4. The second-order valence-electron chi connectivity index (χ2n) is 10.9. The van der Waals surface area contributed by atoms with Gasteiger partial charge in [-0.05, 0) is 58.3 Å². The number of nitrogens with zero attached hydrogens (tertiary/aromatic N) is 3. The molecule has 3 N–H and O–H groups in total. The highest BCUT2D eigenvalue weighted by Crippen LogP contribution is 2.38. The van der Waals surface area contributed by atoms with Gasteiger partial charge in [-0.3, -0.25) is 10.1 Å². The van der Waals surface area contributed by atoms with Crippen molar-refractivity contribution < 1.29 is 40.2 Å². The third kappa shape index (κ3) is 8.89. The van der Waals surface area contributed by atoms with Crippen molar-refractivity contribution in [2.24, 2.45) is 0 Å². The predicted octanol–water partition coefficient (Wildman–Crippen LogP) is 3.49. The van der Waals surface area contributed by atoms with E-state index >= 15 is 4.39 Å². The van der Waals surface area contributed by atoms with Crippen LogP contribution in [-0.2, 0) is 16.0 Å². The van der Waals surface area contributed by atoms with Crippen molar-refractivity contribution in [3.63, 3.8) is 0 Å². The number of ether oxygens (including phenoxy) is 2. The monoisotopic (exact) mass is 632 g/mol. The maximum absolute atomic E-state index is 15.1. The van der Waals surface area contributed by atoms with Crippen molar-refractivity contribution in [1.29, 1.82) is 0 Å². The summed E-state index contributed by atoms with van der Waals surface area (Å²) >= 11 is 0. The summed E-state index contributed by atoms with van der Waals surface area (Å²) in [5, 5.41) is 8.36. The third-order valence-corrected chi connectivity index (χ3v) is 8.16. The molecule has 1 amide bonds. The third-order valence-electron chi connectivity index (χ3n) is 7.47. The van der Waals surface area contributed by atoms with Crippen LogP contribution in [0.2, 0.25) is 0 Å². The highest BCUT2D eigenvalue weighted by molar-refractivity contribution is 7.90. The molecule has 2 heterocycles. The highest BCUT2D eigenvalue weighted by atomic mass is 32.2. The molecule has 16 heteroatoms. The minimum Gasteiger partial charge on any atom is -0.495 e. The van der Waals surface area contributed by atoms with Crippen molar-refractivity contribution in [3.8, 4) is 11.6 Å². The van der Waals surface area contributed by atoms with Gasteiger partial charge in [-0.1, -0.05) is 6.42 Å². The number of amides is 1. The Morgan fingerprint density at radius 2 is 1.84 bits per heavy atom. The van der Waals surface area contributed by atoms with Gasteiger partial charge >= 0.3 is 6.18 Å². The summed E-state index contributed by atoms with van der Waals surface area (Å²) in [6.45, 7) is 1.61. The van der Waals surface area contributed by atoms with E-state index in [-0.39, 0.29) is 34.9 Å². The van der Waals surface area contributed by atoms with Gasteiger partial charge in [0.2, 0.25) is 11.8 Å². The van der Waals surface area contributed by atoms with E-state index in [1.54, 1.807) is 0 Å². The zero-order chi connectivity index (χ0) is 31.4. The minimum atomic E-state index is -4.84. The molecule has 238 valence electrons. The van der Waals surface area contributed by atoms with Gasteiger partial charge < -0.3 is 25.0 Å². The number of hydrogen-bond donors (Lipinski definition) is 3. The van der Waals surface area contributed by atoms with Crippen molar-refractivity contribution in [2.45, 2.75) is 62.9 Å². The van der Waals surface area contributed by atoms with Gasteiger partial charge in [0.15, 0.2) is 9.84 Å².